The first-order chi connectivity index (χ1) is 5.89. The third-order valence-corrected chi connectivity index (χ3v) is 1.72. The van der Waals surface area contributed by atoms with Gasteiger partial charge < -0.3 is 20.6 Å². The molecule has 0 fully saturated rings. The van der Waals surface area contributed by atoms with Crippen LogP contribution < -0.4 is 5.32 Å². The maximum Gasteiger partial charge on any atom is 0.307 e. The van der Waals surface area contributed by atoms with Crippen molar-refractivity contribution in [3.8, 4) is 0 Å². The molecule has 0 aliphatic rings. The highest BCUT2D eigenvalue weighted by molar-refractivity contribution is 5.69. The van der Waals surface area contributed by atoms with Gasteiger partial charge in [0, 0.05) is 13.1 Å². The summed E-state index contributed by atoms with van der Waals surface area (Å²) in [5.74, 6) is -1.37. The second-order valence-electron chi connectivity index (χ2n) is 3.53. The predicted octanol–water partition coefficient (Wildman–Crippen LogP) is -0.960. The number of carboxylic acids is 1. The van der Waals surface area contributed by atoms with Gasteiger partial charge in [0.2, 0.25) is 0 Å². The molecule has 0 rings (SSSR count). The van der Waals surface area contributed by atoms with Crippen molar-refractivity contribution in [3.05, 3.63) is 0 Å². The van der Waals surface area contributed by atoms with Crippen LogP contribution in [0.4, 0.5) is 0 Å². The van der Waals surface area contributed by atoms with Crippen molar-refractivity contribution in [2.24, 2.45) is 5.92 Å². The molecule has 0 aromatic carbocycles. The summed E-state index contributed by atoms with van der Waals surface area (Å²) in [6, 6.07) is 0. The van der Waals surface area contributed by atoms with E-state index in [0.29, 0.717) is 0 Å². The summed E-state index contributed by atoms with van der Waals surface area (Å²) in [6.07, 6.45) is 0. The van der Waals surface area contributed by atoms with Gasteiger partial charge in [-0.15, -0.1) is 0 Å². The van der Waals surface area contributed by atoms with E-state index in [2.05, 4.69) is 5.32 Å². The van der Waals surface area contributed by atoms with Crippen molar-refractivity contribution in [2.75, 3.05) is 19.7 Å². The van der Waals surface area contributed by atoms with E-state index in [-0.39, 0.29) is 19.7 Å². The second kappa shape index (κ2) is 5.16. The first-order valence-corrected chi connectivity index (χ1v) is 4.16. The van der Waals surface area contributed by atoms with Crippen molar-refractivity contribution in [3.63, 3.8) is 0 Å². The van der Waals surface area contributed by atoms with E-state index in [1.54, 1.807) is 6.92 Å². The zero-order chi connectivity index (χ0) is 10.5. The van der Waals surface area contributed by atoms with E-state index in [9.17, 15) is 9.90 Å². The van der Waals surface area contributed by atoms with Crippen LogP contribution in [-0.4, -0.2) is 46.6 Å². The maximum atomic E-state index is 10.4. The molecule has 0 heterocycles. The molecule has 5 heteroatoms. The van der Waals surface area contributed by atoms with Crippen LogP contribution in [0.25, 0.3) is 0 Å². The average molecular weight is 191 g/mol. The van der Waals surface area contributed by atoms with Gasteiger partial charge in [-0.1, -0.05) is 6.92 Å². The van der Waals surface area contributed by atoms with E-state index >= 15 is 0 Å². The molecule has 0 saturated heterocycles. The fourth-order valence-corrected chi connectivity index (χ4v) is 0.701. The maximum absolute atomic E-state index is 10.4. The summed E-state index contributed by atoms with van der Waals surface area (Å²) < 4.78 is 0. The summed E-state index contributed by atoms with van der Waals surface area (Å²) in [5, 5.41) is 29.3. The van der Waals surface area contributed by atoms with E-state index in [1.165, 1.54) is 6.92 Å². The van der Waals surface area contributed by atoms with E-state index in [1.807, 2.05) is 0 Å². The first kappa shape index (κ1) is 12.3. The summed E-state index contributed by atoms with van der Waals surface area (Å²) in [6.45, 7) is 3.17. The zero-order valence-corrected chi connectivity index (χ0v) is 7.95. The Balaban J connectivity index is 3.62. The highest BCUT2D eigenvalue weighted by Crippen LogP contribution is 1.99. The van der Waals surface area contributed by atoms with Crippen LogP contribution >= 0.6 is 0 Å². The van der Waals surface area contributed by atoms with Crippen LogP contribution in [0, 0.1) is 5.92 Å². The molecule has 0 aliphatic heterocycles. The largest absolute Gasteiger partial charge is 0.481 e. The number of aliphatic hydroxyl groups excluding tert-OH is 1. The van der Waals surface area contributed by atoms with Crippen LogP contribution in [-0.2, 0) is 4.79 Å². The van der Waals surface area contributed by atoms with Gasteiger partial charge in [0.25, 0.3) is 0 Å². The molecule has 0 aliphatic carbocycles. The van der Waals surface area contributed by atoms with Gasteiger partial charge in [-0.25, -0.2) is 0 Å². The smallest absolute Gasteiger partial charge is 0.307 e. The van der Waals surface area contributed by atoms with Gasteiger partial charge in [0.05, 0.1) is 18.1 Å². The van der Waals surface area contributed by atoms with Gasteiger partial charge in [-0.2, -0.15) is 0 Å². The lowest BCUT2D eigenvalue weighted by Gasteiger charge is -2.21. The molecule has 4 N–H and O–H groups in total. The molecule has 0 amide bonds. The number of aliphatic hydroxyl groups is 2. The Labute approximate surface area is 77.4 Å². The molecule has 2 unspecified atom stereocenters. The first-order valence-electron chi connectivity index (χ1n) is 4.16. The minimum absolute atomic E-state index is 0.182. The standard InChI is InChI=1S/C8H17NO4/c1-6(7(11)12)3-9-4-8(2,13)5-10/h6,9-10,13H,3-5H2,1-2H3,(H,11,12). The number of carbonyl (C=O) groups is 1. The Morgan fingerprint density at radius 1 is 1.62 bits per heavy atom. The molecule has 0 radical (unpaired) electrons. The molecular formula is C8H17NO4. The second-order valence-corrected chi connectivity index (χ2v) is 3.53. The topological polar surface area (TPSA) is 89.8 Å². The molecule has 0 aromatic heterocycles. The van der Waals surface area contributed by atoms with Gasteiger partial charge in [0.1, 0.15) is 0 Å². The monoisotopic (exact) mass is 191 g/mol. The van der Waals surface area contributed by atoms with Gasteiger partial charge >= 0.3 is 5.97 Å². The Kier molecular flexibility index (Phi) is 4.90. The van der Waals surface area contributed by atoms with E-state index in [0.717, 1.165) is 0 Å². The summed E-state index contributed by atoms with van der Waals surface area (Å²) in [5.41, 5.74) is -1.18. The molecule has 0 bridgehead atoms. The SMILES string of the molecule is CC(CNCC(C)(O)CO)C(=O)O. The molecule has 78 valence electrons. The molecule has 13 heavy (non-hydrogen) atoms. The third-order valence-electron chi connectivity index (χ3n) is 1.72. The lowest BCUT2D eigenvalue weighted by Crippen LogP contribution is -2.42. The van der Waals surface area contributed by atoms with Gasteiger partial charge in [-0.05, 0) is 6.92 Å². The summed E-state index contributed by atoms with van der Waals surface area (Å²) >= 11 is 0. The van der Waals surface area contributed by atoms with Crippen LogP contribution in [0.1, 0.15) is 13.8 Å². The van der Waals surface area contributed by atoms with Crippen molar-refractivity contribution >= 4 is 5.97 Å². The van der Waals surface area contributed by atoms with Gasteiger partial charge in [-0.3, -0.25) is 4.79 Å². The fraction of sp³-hybridized carbons (Fsp3) is 0.875. The van der Waals surface area contributed by atoms with Crippen molar-refractivity contribution in [1.82, 2.24) is 5.32 Å². The van der Waals surface area contributed by atoms with Crippen molar-refractivity contribution in [2.45, 2.75) is 19.4 Å². The van der Waals surface area contributed by atoms with E-state index < -0.39 is 17.5 Å². The molecule has 5 nitrogen and oxygen atoms in total. The average Bonchev–Trinajstić information content (AvgIpc) is 2.04. The van der Waals surface area contributed by atoms with Crippen molar-refractivity contribution < 1.29 is 20.1 Å². The highest BCUT2D eigenvalue weighted by atomic mass is 16.4. The Morgan fingerprint density at radius 2 is 2.15 bits per heavy atom. The molecule has 0 saturated carbocycles. The molecule has 2 atom stereocenters. The Morgan fingerprint density at radius 3 is 2.54 bits per heavy atom. The summed E-state index contributed by atoms with van der Waals surface area (Å²) in [4.78, 5) is 10.4. The minimum Gasteiger partial charge on any atom is -0.481 e. The number of nitrogens with one attached hydrogen (secondary N) is 1. The normalized spacial score (nSPS) is 17.8. The number of hydrogen-bond donors (Lipinski definition) is 4. The van der Waals surface area contributed by atoms with Crippen LogP contribution in [0.2, 0.25) is 0 Å². The van der Waals surface area contributed by atoms with E-state index in [4.69, 9.17) is 10.2 Å². The number of rotatable bonds is 6. The van der Waals surface area contributed by atoms with Crippen molar-refractivity contribution in [1.29, 1.82) is 0 Å². The minimum atomic E-state index is -1.18. The lowest BCUT2D eigenvalue weighted by atomic mass is 10.1. The lowest BCUT2D eigenvalue weighted by molar-refractivity contribution is -0.141. The Bertz CT molecular complexity index is 170. The molecule has 0 spiro atoms. The quantitative estimate of drug-likeness (QED) is 0.434. The fourth-order valence-electron chi connectivity index (χ4n) is 0.701. The highest BCUT2D eigenvalue weighted by Gasteiger charge is 2.19. The van der Waals surface area contributed by atoms with Crippen LogP contribution in [0.15, 0.2) is 0 Å². The number of aliphatic carboxylic acids is 1. The van der Waals surface area contributed by atoms with Crippen LogP contribution in [0.3, 0.4) is 0 Å². The predicted molar refractivity (Wildman–Crippen MR) is 47.4 cm³/mol. The van der Waals surface area contributed by atoms with Gasteiger partial charge in [0.15, 0.2) is 0 Å². The Hall–Kier alpha value is -0.650. The number of hydrogen-bond acceptors (Lipinski definition) is 4. The zero-order valence-electron chi connectivity index (χ0n) is 7.95. The summed E-state index contributed by atoms with van der Waals surface area (Å²) in [7, 11) is 0. The molecule has 0 aromatic rings. The third kappa shape index (κ3) is 5.57. The molecular weight excluding hydrogens is 174 g/mol. The number of carboxylic acid groups (broad SMARTS) is 1. The van der Waals surface area contributed by atoms with Crippen LogP contribution in [0.5, 0.6) is 0 Å².